The molecule has 25 heavy (non-hydrogen) atoms. The van der Waals surface area contributed by atoms with Gasteiger partial charge in [0.2, 0.25) is 0 Å². The summed E-state index contributed by atoms with van der Waals surface area (Å²) in [6.07, 6.45) is -0.833. The van der Waals surface area contributed by atoms with Crippen molar-refractivity contribution in [2.75, 3.05) is 12.4 Å². The normalized spacial score (nSPS) is 15.8. The molecule has 0 aliphatic carbocycles. The van der Waals surface area contributed by atoms with Crippen LogP contribution in [0.1, 0.15) is 26.3 Å². The van der Waals surface area contributed by atoms with E-state index in [1.54, 1.807) is 24.3 Å². The number of cyclic esters (lactones) is 1. The smallest absolute Gasteiger partial charge is 0.340 e. The SMILES string of the molecule is COC(=O)c1cc(F)ccc1NC(=O)C1Cc2ccccc2C(=O)O1. The van der Waals surface area contributed by atoms with Gasteiger partial charge < -0.3 is 14.8 Å². The molecule has 1 heterocycles. The van der Waals surface area contributed by atoms with Crippen LogP contribution in [0.3, 0.4) is 0 Å². The molecule has 7 heteroatoms. The van der Waals surface area contributed by atoms with E-state index in [4.69, 9.17) is 4.74 Å². The van der Waals surface area contributed by atoms with Crippen LogP contribution in [0.5, 0.6) is 0 Å². The van der Waals surface area contributed by atoms with Crippen molar-refractivity contribution >= 4 is 23.5 Å². The Labute approximate surface area is 142 Å². The molecule has 0 saturated carbocycles. The van der Waals surface area contributed by atoms with Gasteiger partial charge in [-0.25, -0.2) is 14.0 Å². The molecule has 1 aliphatic rings. The first-order valence-corrected chi connectivity index (χ1v) is 7.47. The fourth-order valence-electron chi connectivity index (χ4n) is 2.60. The number of fused-ring (bicyclic) bond motifs is 1. The molecule has 2 aromatic rings. The molecule has 0 fully saturated rings. The summed E-state index contributed by atoms with van der Waals surface area (Å²) in [5.41, 5.74) is 1.07. The van der Waals surface area contributed by atoms with E-state index in [0.717, 1.165) is 19.2 Å². The number of rotatable bonds is 3. The lowest BCUT2D eigenvalue weighted by molar-refractivity contribution is -0.125. The van der Waals surface area contributed by atoms with E-state index in [9.17, 15) is 18.8 Å². The maximum Gasteiger partial charge on any atom is 0.340 e. The number of esters is 2. The predicted molar refractivity (Wildman–Crippen MR) is 85.7 cm³/mol. The van der Waals surface area contributed by atoms with Crippen LogP contribution in [0.15, 0.2) is 42.5 Å². The van der Waals surface area contributed by atoms with Gasteiger partial charge in [-0.15, -0.1) is 0 Å². The van der Waals surface area contributed by atoms with Crippen molar-refractivity contribution < 1.29 is 28.2 Å². The van der Waals surface area contributed by atoms with Crippen LogP contribution in [-0.4, -0.2) is 31.1 Å². The fourth-order valence-corrected chi connectivity index (χ4v) is 2.60. The van der Waals surface area contributed by atoms with Crippen LogP contribution in [0, 0.1) is 5.82 Å². The van der Waals surface area contributed by atoms with Crippen molar-refractivity contribution in [1.29, 1.82) is 0 Å². The van der Waals surface area contributed by atoms with Gasteiger partial charge in [-0.2, -0.15) is 0 Å². The Morgan fingerprint density at radius 1 is 1.24 bits per heavy atom. The number of hydrogen-bond donors (Lipinski definition) is 1. The lowest BCUT2D eigenvalue weighted by Crippen LogP contribution is -2.38. The molecule has 1 atom stereocenters. The Balaban J connectivity index is 1.82. The van der Waals surface area contributed by atoms with Crippen LogP contribution in [0.2, 0.25) is 0 Å². The number of carbonyl (C=O) groups is 3. The van der Waals surface area contributed by atoms with Gasteiger partial charge in [-0.3, -0.25) is 4.79 Å². The first-order chi connectivity index (χ1) is 12.0. The van der Waals surface area contributed by atoms with Crippen LogP contribution in [-0.2, 0) is 20.7 Å². The second kappa shape index (κ2) is 6.72. The summed E-state index contributed by atoms with van der Waals surface area (Å²) in [6.45, 7) is 0. The summed E-state index contributed by atoms with van der Waals surface area (Å²) < 4.78 is 23.1. The third-order valence-corrected chi connectivity index (χ3v) is 3.83. The Bertz CT molecular complexity index is 864. The van der Waals surface area contributed by atoms with Crippen LogP contribution in [0.25, 0.3) is 0 Å². The van der Waals surface area contributed by atoms with Crippen molar-refractivity contribution in [3.63, 3.8) is 0 Å². The molecular formula is C18H14FNO5. The van der Waals surface area contributed by atoms with Crippen molar-refractivity contribution in [2.24, 2.45) is 0 Å². The minimum atomic E-state index is -1.04. The molecule has 6 nitrogen and oxygen atoms in total. The van der Waals surface area contributed by atoms with Gasteiger partial charge in [0.05, 0.1) is 23.9 Å². The number of methoxy groups -OCH3 is 1. The number of benzene rings is 2. The van der Waals surface area contributed by atoms with E-state index in [1.807, 2.05) is 0 Å². The van der Waals surface area contributed by atoms with Gasteiger partial charge >= 0.3 is 11.9 Å². The molecule has 0 spiro atoms. The predicted octanol–water partition coefficient (Wildman–Crippen LogP) is 2.33. The lowest BCUT2D eigenvalue weighted by Gasteiger charge is -2.24. The number of amides is 1. The largest absolute Gasteiger partial charge is 0.465 e. The second-order valence-corrected chi connectivity index (χ2v) is 5.43. The van der Waals surface area contributed by atoms with Crippen molar-refractivity contribution in [3.05, 3.63) is 65.0 Å². The Morgan fingerprint density at radius 2 is 2.00 bits per heavy atom. The summed E-state index contributed by atoms with van der Waals surface area (Å²) in [6, 6.07) is 10.2. The number of anilines is 1. The number of ether oxygens (including phenoxy) is 2. The molecule has 128 valence electrons. The van der Waals surface area contributed by atoms with Crippen molar-refractivity contribution in [2.45, 2.75) is 12.5 Å². The maximum absolute atomic E-state index is 13.4. The van der Waals surface area contributed by atoms with E-state index >= 15 is 0 Å². The van der Waals surface area contributed by atoms with Gasteiger partial charge in [0.25, 0.3) is 5.91 Å². The first kappa shape index (κ1) is 16.6. The summed E-state index contributed by atoms with van der Waals surface area (Å²) in [5, 5.41) is 2.49. The first-order valence-electron chi connectivity index (χ1n) is 7.47. The third kappa shape index (κ3) is 3.35. The zero-order valence-electron chi connectivity index (χ0n) is 13.2. The summed E-state index contributed by atoms with van der Waals surface area (Å²) in [7, 11) is 1.15. The van der Waals surface area contributed by atoms with E-state index < -0.39 is 29.8 Å². The summed E-state index contributed by atoms with van der Waals surface area (Å²) in [5.74, 6) is -2.63. The van der Waals surface area contributed by atoms with Gasteiger partial charge in [0, 0.05) is 6.42 Å². The molecular weight excluding hydrogens is 329 g/mol. The summed E-state index contributed by atoms with van der Waals surface area (Å²) >= 11 is 0. The van der Waals surface area contributed by atoms with Gasteiger partial charge in [0.15, 0.2) is 6.10 Å². The van der Waals surface area contributed by atoms with Crippen LogP contribution in [0.4, 0.5) is 10.1 Å². The minimum absolute atomic E-state index is 0.0770. The maximum atomic E-state index is 13.4. The highest BCUT2D eigenvalue weighted by molar-refractivity contribution is 6.04. The second-order valence-electron chi connectivity index (χ2n) is 5.43. The van der Waals surface area contributed by atoms with Gasteiger partial charge in [-0.1, -0.05) is 18.2 Å². The topological polar surface area (TPSA) is 81.7 Å². The Hall–Kier alpha value is -3.22. The molecule has 1 amide bonds. The minimum Gasteiger partial charge on any atom is -0.465 e. The molecule has 0 saturated heterocycles. The van der Waals surface area contributed by atoms with Crippen LogP contribution >= 0.6 is 0 Å². The van der Waals surface area contributed by atoms with Crippen molar-refractivity contribution in [1.82, 2.24) is 0 Å². The highest BCUT2D eigenvalue weighted by Gasteiger charge is 2.31. The number of halogens is 1. The van der Waals surface area contributed by atoms with E-state index in [0.29, 0.717) is 11.1 Å². The number of nitrogens with one attached hydrogen (secondary N) is 1. The van der Waals surface area contributed by atoms with Gasteiger partial charge in [-0.05, 0) is 29.8 Å². The molecule has 1 aliphatic heterocycles. The molecule has 1 N–H and O–H groups in total. The fraction of sp³-hybridized carbons (Fsp3) is 0.167. The quantitative estimate of drug-likeness (QED) is 0.865. The van der Waals surface area contributed by atoms with E-state index in [2.05, 4.69) is 10.1 Å². The number of carbonyl (C=O) groups excluding carboxylic acids is 3. The standard InChI is InChI=1S/C18H14FNO5/c1-24-17(22)13-9-11(19)6-7-14(13)20-16(21)15-8-10-4-2-3-5-12(10)18(23)25-15/h2-7,9,15H,8H2,1H3,(H,20,21). The number of hydrogen-bond acceptors (Lipinski definition) is 5. The highest BCUT2D eigenvalue weighted by Crippen LogP contribution is 2.23. The molecule has 3 rings (SSSR count). The highest BCUT2D eigenvalue weighted by atomic mass is 19.1. The monoisotopic (exact) mass is 343 g/mol. The molecule has 1 unspecified atom stereocenters. The van der Waals surface area contributed by atoms with Crippen LogP contribution < -0.4 is 5.32 Å². The molecule has 0 bridgehead atoms. The molecule has 2 aromatic carbocycles. The molecule has 0 aromatic heterocycles. The zero-order valence-corrected chi connectivity index (χ0v) is 13.2. The molecule has 0 radical (unpaired) electrons. The average molecular weight is 343 g/mol. The zero-order chi connectivity index (χ0) is 18.0. The Kier molecular flexibility index (Phi) is 4.47. The third-order valence-electron chi connectivity index (χ3n) is 3.83. The Morgan fingerprint density at radius 3 is 2.76 bits per heavy atom. The van der Waals surface area contributed by atoms with E-state index in [1.165, 1.54) is 6.07 Å². The van der Waals surface area contributed by atoms with Gasteiger partial charge in [0.1, 0.15) is 5.82 Å². The van der Waals surface area contributed by atoms with Crippen molar-refractivity contribution in [3.8, 4) is 0 Å². The van der Waals surface area contributed by atoms with E-state index in [-0.39, 0.29) is 17.7 Å². The average Bonchev–Trinajstić information content (AvgIpc) is 2.62. The summed E-state index contributed by atoms with van der Waals surface area (Å²) in [4.78, 5) is 36.2. The lowest BCUT2D eigenvalue weighted by atomic mass is 9.98.